The molecule has 21 heavy (non-hydrogen) atoms. The molecule has 1 rings (SSSR count). The Labute approximate surface area is 129 Å². The van der Waals surface area contributed by atoms with Gasteiger partial charge in [-0.25, -0.2) is 0 Å². The molecule has 1 saturated carbocycles. The summed E-state index contributed by atoms with van der Waals surface area (Å²) in [4.78, 5) is 18.1. The Morgan fingerprint density at radius 1 is 1.29 bits per heavy atom. The SMILES string of the molecule is C=C(/C(C)=C\N=C(/C)CC)N(CCC(C)=O)C1CCCC1. The summed E-state index contributed by atoms with van der Waals surface area (Å²) >= 11 is 0. The highest BCUT2D eigenvalue weighted by molar-refractivity contribution is 5.82. The number of hydrogen-bond donors (Lipinski definition) is 0. The zero-order valence-electron chi connectivity index (χ0n) is 14.1. The summed E-state index contributed by atoms with van der Waals surface area (Å²) < 4.78 is 0. The van der Waals surface area contributed by atoms with Crippen LogP contribution in [0.15, 0.2) is 29.0 Å². The van der Waals surface area contributed by atoms with Crippen molar-refractivity contribution in [1.29, 1.82) is 0 Å². The second kappa shape index (κ2) is 8.81. The largest absolute Gasteiger partial charge is 0.368 e. The van der Waals surface area contributed by atoms with Crippen molar-refractivity contribution in [2.24, 2.45) is 4.99 Å². The number of ketones is 1. The molecule has 0 bridgehead atoms. The summed E-state index contributed by atoms with van der Waals surface area (Å²) in [5.41, 5.74) is 3.24. The number of hydrogen-bond acceptors (Lipinski definition) is 3. The molecule has 0 aliphatic heterocycles. The van der Waals surface area contributed by atoms with Gasteiger partial charge in [0.15, 0.2) is 0 Å². The molecular formula is C18H30N2O. The zero-order valence-corrected chi connectivity index (χ0v) is 14.1. The van der Waals surface area contributed by atoms with E-state index < -0.39 is 0 Å². The van der Waals surface area contributed by atoms with Crippen LogP contribution in [-0.4, -0.2) is 29.0 Å². The molecule has 0 spiro atoms. The summed E-state index contributed by atoms with van der Waals surface area (Å²) in [6, 6.07) is 0.538. The monoisotopic (exact) mass is 290 g/mol. The number of rotatable bonds is 8. The van der Waals surface area contributed by atoms with Gasteiger partial charge in [-0.05, 0) is 45.6 Å². The van der Waals surface area contributed by atoms with E-state index in [0.29, 0.717) is 12.5 Å². The molecule has 0 N–H and O–H groups in total. The van der Waals surface area contributed by atoms with Crippen molar-refractivity contribution < 1.29 is 4.79 Å². The second-order valence-electron chi connectivity index (χ2n) is 6.06. The Kier molecular flexibility index (Phi) is 7.41. The lowest BCUT2D eigenvalue weighted by Gasteiger charge is -2.33. The van der Waals surface area contributed by atoms with E-state index in [1.807, 2.05) is 13.1 Å². The third-order valence-corrected chi connectivity index (χ3v) is 4.26. The predicted octanol–water partition coefficient (Wildman–Crippen LogP) is 4.50. The van der Waals surface area contributed by atoms with Crippen LogP contribution in [0.4, 0.5) is 0 Å². The highest BCUT2D eigenvalue weighted by atomic mass is 16.1. The number of nitrogens with zero attached hydrogens (tertiary/aromatic N) is 2. The van der Waals surface area contributed by atoms with Crippen LogP contribution in [0.3, 0.4) is 0 Å². The topological polar surface area (TPSA) is 32.7 Å². The quantitative estimate of drug-likeness (QED) is 0.487. The maximum absolute atomic E-state index is 11.3. The number of carbonyl (C=O) groups excluding carboxylic acids is 1. The number of Topliss-reactive ketones (excluding diaryl/α,β-unsaturated/α-hetero) is 1. The van der Waals surface area contributed by atoms with Gasteiger partial charge in [-0.2, -0.15) is 0 Å². The Bertz CT molecular complexity index is 428. The maximum atomic E-state index is 11.3. The van der Waals surface area contributed by atoms with Gasteiger partial charge < -0.3 is 4.90 Å². The minimum absolute atomic E-state index is 0.243. The Morgan fingerprint density at radius 2 is 1.90 bits per heavy atom. The smallest absolute Gasteiger partial charge is 0.131 e. The first-order chi connectivity index (χ1) is 9.95. The molecule has 0 heterocycles. The fourth-order valence-corrected chi connectivity index (χ4v) is 2.63. The molecule has 3 heteroatoms. The van der Waals surface area contributed by atoms with E-state index in [0.717, 1.165) is 29.9 Å². The van der Waals surface area contributed by atoms with E-state index in [4.69, 9.17) is 0 Å². The third-order valence-electron chi connectivity index (χ3n) is 4.26. The second-order valence-corrected chi connectivity index (χ2v) is 6.06. The van der Waals surface area contributed by atoms with Gasteiger partial charge in [0.1, 0.15) is 5.78 Å². The Hall–Kier alpha value is -1.38. The highest BCUT2D eigenvalue weighted by Gasteiger charge is 2.24. The van der Waals surface area contributed by atoms with Crippen molar-refractivity contribution in [2.45, 2.75) is 72.3 Å². The van der Waals surface area contributed by atoms with E-state index in [2.05, 4.69) is 30.3 Å². The van der Waals surface area contributed by atoms with Gasteiger partial charge in [0.25, 0.3) is 0 Å². The van der Waals surface area contributed by atoms with Crippen molar-refractivity contribution in [2.75, 3.05) is 6.54 Å². The van der Waals surface area contributed by atoms with Crippen LogP contribution in [0.2, 0.25) is 0 Å². The van der Waals surface area contributed by atoms with Gasteiger partial charge in [-0.15, -0.1) is 0 Å². The lowest BCUT2D eigenvalue weighted by molar-refractivity contribution is -0.117. The third kappa shape index (κ3) is 5.86. The first-order valence-electron chi connectivity index (χ1n) is 8.11. The molecule has 3 nitrogen and oxygen atoms in total. The summed E-state index contributed by atoms with van der Waals surface area (Å²) in [5, 5.41) is 0. The van der Waals surface area contributed by atoms with Gasteiger partial charge in [0.2, 0.25) is 0 Å². The average Bonchev–Trinajstić information content (AvgIpc) is 2.97. The molecule has 0 saturated heterocycles. The van der Waals surface area contributed by atoms with Crippen LogP contribution < -0.4 is 0 Å². The van der Waals surface area contributed by atoms with Gasteiger partial charge >= 0.3 is 0 Å². The molecule has 118 valence electrons. The Balaban J connectivity index is 2.80. The minimum atomic E-state index is 0.243. The summed E-state index contributed by atoms with van der Waals surface area (Å²) in [5.74, 6) is 0.243. The lowest BCUT2D eigenvalue weighted by Crippen LogP contribution is -2.34. The molecular weight excluding hydrogens is 260 g/mol. The highest BCUT2D eigenvalue weighted by Crippen LogP contribution is 2.28. The van der Waals surface area contributed by atoms with Crippen LogP contribution >= 0.6 is 0 Å². The van der Waals surface area contributed by atoms with Crippen LogP contribution in [0.25, 0.3) is 0 Å². The van der Waals surface area contributed by atoms with Crippen molar-refractivity contribution >= 4 is 11.5 Å². The van der Waals surface area contributed by atoms with Crippen molar-refractivity contribution in [3.05, 3.63) is 24.0 Å². The first kappa shape index (κ1) is 17.7. The van der Waals surface area contributed by atoms with E-state index in [9.17, 15) is 4.79 Å². The van der Waals surface area contributed by atoms with Gasteiger partial charge in [0.05, 0.1) is 0 Å². The summed E-state index contributed by atoms with van der Waals surface area (Å²) in [6.45, 7) is 12.9. The molecule has 0 radical (unpaired) electrons. The van der Waals surface area contributed by atoms with E-state index >= 15 is 0 Å². The van der Waals surface area contributed by atoms with Crippen LogP contribution in [0, 0.1) is 0 Å². The van der Waals surface area contributed by atoms with Crippen LogP contribution in [-0.2, 0) is 4.79 Å². The van der Waals surface area contributed by atoms with Crippen molar-refractivity contribution in [3.8, 4) is 0 Å². The predicted molar refractivity (Wildman–Crippen MR) is 90.6 cm³/mol. The van der Waals surface area contributed by atoms with Gasteiger partial charge in [-0.3, -0.25) is 9.79 Å². The minimum Gasteiger partial charge on any atom is -0.368 e. The molecule has 1 aliphatic carbocycles. The fourth-order valence-electron chi connectivity index (χ4n) is 2.63. The van der Waals surface area contributed by atoms with Crippen LogP contribution in [0.5, 0.6) is 0 Å². The molecule has 0 aromatic heterocycles. The van der Waals surface area contributed by atoms with Gasteiger partial charge in [0, 0.05) is 36.6 Å². The molecule has 1 fully saturated rings. The number of allylic oxidation sites excluding steroid dienone is 1. The number of aliphatic imine (C=N–C) groups is 1. The first-order valence-corrected chi connectivity index (χ1v) is 8.11. The zero-order chi connectivity index (χ0) is 15.8. The van der Waals surface area contributed by atoms with Crippen molar-refractivity contribution in [1.82, 2.24) is 4.90 Å². The molecule has 0 amide bonds. The maximum Gasteiger partial charge on any atom is 0.131 e. The molecule has 1 aliphatic rings. The average molecular weight is 290 g/mol. The van der Waals surface area contributed by atoms with E-state index in [-0.39, 0.29) is 5.78 Å². The normalized spacial score (nSPS) is 17.1. The van der Waals surface area contributed by atoms with Crippen molar-refractivity contribution in [3.63, 3.8) is 0 Å². The molecule has 0 aromatic rings. The Morgan fingerprint density at radius 3 is 2.43 bits per heavy atom. The van der Waals surface area contributed by atoms with Crippen LogP contribution in [0.1, 0.15) is 66.2 Å². The molecule has 0 atom stereocenters. The summed E-state index contributed by atoms with van der Waals surface area (Å²) in [6.07, 6.45) is 8.46. The molecule has 0 unspecified atom stereocenters. The molecule has 0 aromatic carbocycles. The fraction of sp³-hybridized carbons (Fsp3) is 0.667. The standard InChI is InChI=1S/C18H30N2O/c1-6-15(3)19-13-14(2)17(5)20(12-11-16(4)21)18-9-7-8-10-18/h13,18H,5-12H2,1-4H3/b14-13-,19-15+. The van der Waals surface area contributed by atoms with E-state index in [1.54, 1.807) is 6.92 Å². The van der Waals surface area contributed by atoms with E-state index in [1.165, 1.54) is 25.7 Å². The number of carbonyl (C=O) groups is 1. The van der Waals surface area contributed by atoms with Gasteiger partial charge in [-0.1, -0.05) is 26.3 Å². The lowest BCUT2D eigenvalue weighted by atomic mass is 10.1. The summed E-state index contributed by atoms with van der Waals surface area (Å²) in [7, 11) is 0.